The molecular formula is C20H28FN5O14P2S. The molecule has 4 heterocycles. The highest BCUT2D eigenvalue weighted by Crippen LogP contribution is 2.62. The molecule has 4 rings (SSSR count). The van der Waals surface area contributed by atoms with Crippen LogP contribution in [0.3, 0.4) is 0 Å². The molecule has 23 heteroatoms. The van der Waals surface area contributed by atoms with Crippen LogP contribution in [-0.4, -0.2) is 128 Å². The van der Waals surface area contributed by atoms with Gasteiger partial charge in [0.25, 0.3) is 0 Å². The zero-order chi connectivity index (χ0) is 31.9. The first-order chi connectivity index (χ1) is 20.0. The molecule has 2 aromatic heterocycles. The molecule has 0 bridgehead atoms. The summed E-state index contributed by atoms with van der Waals surface area (Å²) in [7, 11) is -5.54. The van der Waals surface area contributed by atoms with Crippen LogP contribution in [0.15, 0.2) is 30.9 Å². The number of ether oxygens (including phenoxy) is 2. The van der Waals surface area contributed by atoms with Crippen LogP contribution in [0.25, 0.3) is 5.65 Å². The second kappa shape index (κ2) is 12.9. The number of imidazole rings is 1. The molecule has 0 saturated carbocycles. The number of nitrogen functional groups attached to an aromatic ring is 1. The Hall–Kier alpha value is -1.84. The van der Waals surface area contributed by atoms with Gasteiger partial charge in [0.05, 0.1) is 25.1 Å². The van der Waals surface area contributed by atoms with E-state index in [4.69, 9.17) is 36.6 Å². The van der Waals surface area contributed by atoms with E-state index >= 15 is 0 Å². The number of aliphatic hydroxyl groups excluding tert-OH is 5. The lowest BCUT2D eigenvalue weighted by molar-refractivity contribution is -0.287. The third-order valence-electron chi connectivity index (χ3n) is 6.50. The van der Waals surface area contributed by atoms with Gasteiger partial charge in [-0.1, -0.05) is 6.58 Å². The largest absolute Gasteiger partial charge is 0.481 e. The minimum absolute atomic E-state index is 0.00140. The topological polar surface area (TPSA) is 294 Å². The summed E-state index contributed by atoms with van der Waals surface area (Å²) < 4.78 is 52.5. The van der Waals surface area contributed by atoms with Crippen molar-refractivity contribution in [3.8, 4) is 0 Å². The van der Waals surface area contributed by atoms with Crippen molar-refractivity contribution in [1.29, 1.82) is 0 Å². The van der Waals surface area contributed by atoms with Crippen molar-refractivity contribution in [2.45, 2.75) is 60.8 Å². The second-order valence-corrected chi connectivity index (χ2v) is 13.7. The van der Waals surface area contributed by atoms with Crippen LogP contribution in [-0.2, 0) is 39.2 Å². The van der Waals surface area contributed by atoms with Crippen molar-refractivity contribution < 1.29 is 72.2 Å². The van der Waals surface area contributed by atoms with Gasteiger partial charge in [0.15, 0.2) is 29.5 Å². The predicted octanol–water partition coefficient (Wildman–Crippen LogP) is -2.92. The molecule has 0 aromatic carbocycles. The maximum absolute atomic E-state index is 13.9. The SMILES string of the molecule is C=C=C[C@@]1(O)[C@H](O)[C@@H](COP(O)(=S)OP(=O)(O)OC2OC([C@@H](F)CO)C(O)C(O)C2O)O[C@H]1c1cnc2c(N)ncnn12. The van der Waals surface area contributed by atoms with Gasteiger partial charge in [-0.05, 0) is 17.9 Å². The molecule has 0 amide bonds. The zero-order valence-electron chi connectivity index (χ0n) is 21.6. The maximum atomic E-state index is 13.9. The van der Waals surface area contributed by atoms with Crippen molar-refractivity contribution in [2.75, 3.05) is 18.9 Å². The summed E-state index contributed by atoms with van der Waals surface area (Å²) in [5.74, 6) is 0.00140. The molecule has 7 unspecified atom stereocenters. The highest BCUT2D eigenvalue weighted by atomic mass is 32.5. The van der Waals surface area contributed by atoms with Gasteiger partial charge in [-0.2, -0.15) is 5.10 Å². The lowest BCUT2D eigenvalue weighted by atomic mass is 9.89. The van der Waals surface area contributed by atoms with E-state index in [9.17, 15) is 44.3 Å². The summed E-state index contributed by atoms with van der Waals surface area (Å²) in [5.41, 5.74) is 6.12. The summed E-state index contributed by atoms with van der Waals surface area (Å²) in [6, 6.07) is 0. The standard InChI is InChI=1S/C20H28FN5O14P2S/c1-2-3-20(32)15(31)10(37-16(20)9-4-23-18-17(22)24-7-25-26(9)18)6-36-42(35,43)40-41(33,34)39-19-13(30)11(28)12(29)14(38-19)8(21)5-27/h3-4,7-8,10-16,19,27-32H,1,5-6H2,(H,33,34)(H,35,43)(H2,22,24,25)/t8-,10+,11?,12?,13?,14?,15+,16-,19?,20+,42?/m0/s1. The Bertz CT molecular complexity index is 1470. The number of hydrogen-bond acceptors (Lipinski definition) is 17. The second-order valence-electron chi connectivity index (χ2n) is 9.36. The molecule has 19 nitrogen and oxygen atoms in total. The van der Waals surface area contributed by atoms with Gasteiger partial charge in [-0.3, -0.25) is 4.52 Å². The van der Waals surface area contributed by atoms with Gasteiger partial charge in [0, 0.05) is 0 Å². The van der Waals surface area contributed by atoms with E-state index in [1.165, 1.54) is 10.7 Å². The van der Waals surface area contributed by atoms with Crippen molar-refractivity contribution in [3.05, 3.63) is 36.6 Å². The first-order valence-corrected chi connectivity index (χ1v) is 16.1. The van der Waals surface area contributed by atoms with E-state index in [0.717, 1.165) is 12.4 Å². The zero-order valence-corrected chi connectivity index (χ0v) is 24.2. The fraction of sp³-hybridized carbons (Fsp3) is 0.600. The van der Waals surface area contributed by atoms with Crippen LogP contribution < -0.4 is 5.73 Å². The molecule has 0 spiro atoms. The first kappa shape index (κ1) is 34.0. The van der Waals surface area contributed by atoms with Crippen molar-refractivity contribution in [2.24, 2.45) is 0 Å². The summed E-state index contributed by atoms with van der Waals surface area (Å²) >= 11 is 4.73. The average molecular weight is 675 g/mol. The lowest BCUT2D eigenvalue weighted by Crippen LogP contribution is -2.60. The normalized spacial score (nSPS) is 36.5. The molecule has 2 fully saturated rings. The molecule has 240 valence electrons. The van der Waals surface area contributed by atoms with Crippen molar-refractivity contribution in [1.82, 2.24) is 19.6 Å². The van der Waals surface area contributed by atoms with Crippen LogP contribution in [0.4, 0.5) is 10.2 Å². The Morgan fingerprint density at radius 1 is 1.26 bits per heavy atom. The van der Waals surface area contributed by atoms with E-state index in [-0.39, 0.29) is 17.2 Å². The molecule has 2 aliphatic heterocycles. The number of anilines is 1. The third kappa shape index (κ3) is 6.89. The fourth-order valence-corrected chi connectivity index (χ4v) is 7.54. The lowest BCUT2D eigenvalue weighted by Gasteiger charge is -2.41. The number of phosphoric acid groups is 1. The number of phosphoric ester groups is 1. The Balaban J connectivity index is 1.46. The Labute approximate surface area is 246 Å². The van der Waals surface area contributed by atoms with Gasteiger partial charge >= 0.3 is 14.5 Å². The smallest absolute Gasteiger partial charge is 0.393 e. The number of aromatic nitrogens is 4. The number of nitrogens with two attached hydrogens (primary N) is 1. The first-order valence-electron chi connectivity index (χ1n) is 12.1. The Morgan fingerprint density at radius 3 is 2.60 bits per heavy atom. The summed E-state index contributed by atoms with van der Waals surface area (Å²) in [6.45, 7) is -3.40. The van der Waals surface area contributed by atoms with E-state index in [2.05, 4.69) is 36.2 Å². The third-order valence-corrected chi connectivity index (χ3v) is 10.0. The monoisotopic (exact) mass is 675 g/mol. The van der Waals surface area contributed by atoms with Crippen LogP contribution >= 0.6 is 14.5 Å². The van der Waals surface area contributed by atoms with Gasteiger partial charge in [-0.15, -0.1) is 5.73 Å². The van der Waals surface area contributed by atoms with Crippen molar-refractivity contribution in [3.63, 3.8) is 0 Å². The fourth-order valence-electron chi connectivity index (χ4n) is 4.44. The number of nitrogens with zero attached hydrogens (tertiary/aromatic N) is 4. The molecule has 0 radical (unpaired) electrons. The average Bonchev–Trinajstić information content (AvgIpc) is 3.46. The highest BCUT2D eigenvalue weighted by Gasteiger charge is 2.56. The van der Waals surface area contributed by atoms with E-state index in [0.29, 0.717) is 0 Å². The molecular weight excluding hydrogens is 647 g/mol. The molecule has 2 aliphatic rings. The summed E-state index contributed by atoms with van der Waals surface area (Å²) in [5, 5.41) is 65.0. The molecule has 2 saturated heterocycles. The van der Waals surface area contributed by atoms with Crippen LogP contribution in [0.1, 0.15) is 11.8 Å². The van der Waals surface area contributed by atoms with Crippen LogP contribution in [0, 0.1) is 0 Å². The number of halogens is 1. The minimum atomic E-state index is -5.54. The number of alkyl halides is 1. The molecule has 2 aromatic rings. The highest BCUT2D eigenvalue weighted by molar-refractivity contribution is 8.08. The van der Waals surface area contributed by atoms with Crippen LogP contribution in [0.2, 0.25) is 0 Å². The summed E-state index contributed by atoms with van der Waals surface area (Å²) in [4.78, 5) is 28.4. The Morgan fingerprint density at radius 2 is 1.95 bits per heavy atom. The predicted molar refractivity (Wildman–Crippen MR) is 141 cm³/mol. The van der Waals surface area contributed by atoms with E-state index in [1.54, 1.807) is 0 Å². The molecule has 10 N–H and O–H groups in total. The van der Waals surface area contributed by atoms with E-state index < -0.39 is 88.5 Å². The summed E-state index contributed by atoms with van der Waals surface area (Å²) in [6.07, 6.45) is -14.3. The molecule has 12 atom stereocenters. The maximum Gasteiger partial charge on any atom is 0.481 e. The van der Waals surface area contributed by atoms with Gasteiger partial charge in [-0.25, -0.2) is 27.7 Å². The van der Waals surface area contributed by atoms with Gasteiger partial charge in [0.1, 0.15) is 49.1 Å². The minimum Gasteiger partial charge on any atom is -0.393 e. The van der Waals surface area contributed by atoms with Gasteiger partial charge < -0.3 is 60.2 Å². The molecule has 43 heavy (non-hydrogen) atoms. The quantitative estimate of drug-likeness (QED) is 0.0851. The number of rotatable bonds is 11. The van der Waals surface area contributed by atoms with Crippen LogP contribution in [0.5, 0.6) is 0 Å². The van der Waals surface area contributed by atoms with Crippen molar-refractivity contribution >= 4 is 37.8 Å². The van der Waals surface area contributed by atoms with E-state index in [1.807, 2.05) is 0 Å². The molecule has 0 aliphatic carbocycles. The number of aliphatic hydroxyl groups is 6. The number of hydrogen-bond donors (Lipinski definition) is 9. The number of fused-ring (bicyclic) bond motifs is 1. The Kier molecular flexibility index (Phi) is 10.2. The van der Waals surface area contributed by atoms with Gasteiger partial charge in [0.2, 0.25) is 0 Å².